The van der Waals surface area contributed by atoms with Crippen molar-refractivity contribution >= 4 is 5.69 Å². The molecule has 17 heavy (non-hydrogen) atoms. The second-order valence-electron chi connectivity index (χ2n) is 5.00. The number of methoxy groups -OCH3 is 1. The van der Waals surface area contributed by atoms with Crippen molar-refractivity contribution in [2.45, 2.75) is 25.5 Å². The van der Waals surface area contributed by atoms with Crippen LogP contribution in [-0.2, 0) is 17.7 Å². The van der Waals surface area contributed by atoms with Crippen molar-refractivity contribution in [3.8, 4) is 0 Å². The zero-order chi connectivity index (χ0) is 11.7. The number of fused-ring (bicyclic) bond motifs is 1. The molecule has 1 atom stereocenters. The van der Waals surface area contributed by atoms with Crippen LogP contribution in [0.4, 0.5) is 5.69 Å². The highest BCUT2D eigenvalue weighted by molar-refractivity contribution is 5.58. The highest BCUT2D eigenvalue weighted by atomic mass is 16.5. The fraction of sp³-hybridized carbons (Fsp3) is 0.571. The molecule has 0 saturated carbocycles. The molecule has 1 N–H and O–H groups in total. The van der Waals surface area contributed by atoms with Gasteiger partial charge in [-0.25, -0.2) is 0 Å². The van der Waals surface area contributed by atoms with Gasteiger partial charge in [0.25, 0.3) is 0 Å². The first-order valence-electron chi connectivity index (χ1n) is 6.46. The smallest absolute Gasteiger partial charge is 0.0710 e. The summed E-state index contributed by atoms with van der Waals surface area (Å²) >= 11 is 0. The van der Waals surface area contributed by atoms with Gasteiger partial charge in [-0.1, -0.05) is 12.1 Å². The summed E-state index contributed by atoms with van der Waals surface area (Å²) in [6.07, 6.45) is 2.78. The van der Waals surface area contributed by atoms with Crippen molar-refractivity contribution in [1.29, 1.82) is 0 Å². The number of nitrogens with zero attached hydrogens (tertiary/aromatic N) is 1. The molecule has 1 saturated heterocycles. The molecule has 1 aromatic carbocycles. The molecule has 0 spiro atoms. The van der Waals surface area contributed by atoms with Gasteiger partial charge in [-0.15, -0.1) is 0 Å². The molecule has 0 aromatic heterocycles. The van der Waals surface area contributed by atoms with Crippen LogP contribution in [-0.4, -0.2) is 37.7 Å². The summed E-state index contributed by atoms with van der Waals surface area (Å²) in [6.45, 7) is 4.40. The number of hydrogen-bond acceptors (Lipinski definition) is 3. The van der Waals surface area contributed by atoms with E-state index in [4.69, 9.17) is 4.74 Å². The summed E-state index contributed by atoms with van der Waals surface area (Å²) in [5, 5.41) is 3.44. The van der Waals surface area contributed by atoms with Crippen molar-refractivity contribution in [3.63, 3.8) is 0 Å². The minimum absolute atomic E-state index is 0.435. The Labute approximate surface area is 103 Å². The number of benzene rings is 1. The Balaban J connectivity index is 1.72. The van der Waals surface area contributed by atoms with E-state index in [2.05, 4.69) is 28.4 Å². The quantitative estimate of drug-likeness (QED) is 0.861. The zero-order valence-corrected chi connectivity index (χ0v) is 10.4. The van der Waals surface area contributed by atoms with Gasteiger partial charge in [-0.3, -0.25) is 4.90 Å². The minimum Gasteiger partial charge on any atom is -0.384 e. The van der Waals surface area contributed by atoms with Crippen LogP contribution >= 0.6 is 0 Å². The van der Waals surface area contributed by atoms with Crippen LogP contribution in [0.5, 0.6) is 0 Å². The summed E-state index contributed by atoms with van der Waals surface area (Å²) in [5.74, 6) is 0. The lowest BCUT2D eigenvalue weighted by atomic mass is 10.0. The molecule has 3 nitrogen and oxygen atoms in total. The normalized spacial score (nSPS) is 23.7. The van der Waals surface area contributed by atoms with Gasteiger partial charge in [0, 0.05) is 39.0 Å². The van der Waals surface area contributed by atoms with E-state index in [-0.39, 0.29) is 0 Å². The van der Waals surface area contributed by atoms with Crippen molar-refractivity contribution in [2.75, 3.05) is 32.1 Å². The number of rotatable bonds is 3. The molecule has 1 fully saturated rings. The maximum atomic E-state index is 5.42. The summed E-state index contributed by atoms with van der Waals surface area (Å²) in [4.78, 5) is 2.50. The van der Waals surface area contributed by atoms with Gasteiger partial charge in [0.1, 0.15) is 0 Å². The van der Waals surface area contributed by atoms with Gasteiger partial charge in [0.2, 0.25) is 0 Å². The van der Waals surface area contributed by atoms with E-state index >= 15 is 0 Å². The molecule has 2 heterocycles. The first kappa shape index (κ1) is 11.1. The third-order valence-electron chi connectivity index (χ3n) is 3.92. The van der Waals surface area contributed by atoms with E-state index in [1.54, 1.807) is 0 Å². The molecule has 0 amide bonds. The molecule has 92 valence electrons. The van der Waals surface area contributed by atoms with Crippen molar-refractivity contribution in [3.05, 3.63) is 29.3 Å². The Bertz CT molecular complexity index is 405. The molecule has 0 aliphatic carbocycles. The van der Waals surface area contributed by atoms with E-state index in [1.165, 1.54) is 29.7 Å². The van der Waals surface area contributed by atoms with Gasteiger partial charge in [-0.2, -0.15) is 0 Å². The predicted molar refractivity (Wildman–Crippen MR) is 69.3 cm³/mol. The first-order valence-corrected chi connectivity index (χ1v) is 6.46. The lowest BCUT2D eigenvalue weighted by Gasteiger charge is -2.17. The van der Waals surface area contributed by atoms with Crippen LogP contribution in [0.1, 0.15) is 17.5 Å². The van der Waals surface area contributed by atoms with Crippen LogP contribution in [0.3, 0.4) is 0 Å². The number of nitrogens with one attached hydrogen (secondary N) is 1. The second kappa shape index (κ2) is 4.67. The van der Waals surface area contributed by atoms with Crippen molar-refractivity contribution < 1.29 is 4.74 Å². The third kappa shape index (κ3) is 2.17. The predicted octanol–water partition coefficient (Wildman–Crippen LogP) is 1.88. The van der Waals surface area contributed by atoms with Gasteiger partial charge < -0.3 is 10.1 Å². The first-order chi connectivity index (χ1) is 8.36. The Morgan fingerprint density at radius 1 is 1.47 bits per heavy atom. The van der Waals surface area contributed by atoms with Gasteiger partial charge in [0.05, 0.1) is 6.10 Å². The van der Waals surface area contributed by atoms with Crippen LogP contribution in [0.15, 0.2) is 18.2 Å². The van der Waals surface area contributed by atoms with Crippen molar-refractivity contribution in [1.82, 2.24) is 4.90 Å². The maximum Gasteiger partial charge on any atom is 0.0710 e. The lowest BCUT2D eigenvalue weighted by Crippen LogP contribution is -2.22. The lowest BCUT2D eigenvalue weighted by molar-refractivity contribution is 0.107. The minimum atomic E-state index is 0.435. The fourth-order valence-corrected chi connectivity index (χ4v) is 2.94. The summed E-state index contributed by atoms with van der Waals surface area (Å²) in [7, 11) is 1.82. The number of hydrogen-bond donors (Lipinski definition) is 1. The Morgan fingerprint density at radius 3 is 3.24 bits per heavy atom. The molecule has 0 radical (unpaired) electrons. The van der Waals surface area contributed by atoms with Gasteiger partial charge in [0.15, 0.2) is 0 Å². The number of ether oxygens (including phenoxy) is 1. The largest absolute Gasteiger partial charge is 0.384 e. The molecule has 2 aliphatic heterocycles. The van der Waals surface area contributed by atoms with Crippen LogP contribution in [0.2, 0.25) is 0 Å². The monoisotopic (exact) mass is 232 g/mol. The molecule has 0 bridgehead atoms. The second-order valence-corrected chi connectivity index (χ2v) is 5.00. The van der Waals surface area contributed by atoms with Gasteiger partial charge >= 0.3 is 0 Å². The molecular weight excluding hydrogens is 212 g/mol. The molecule has 2 aliphatic rings. The summed E-state index contributed by atoms with van der Waals surface area (Å²) in [5.41, 5.74) is 4.35. The number of likely N-dealkylation sites (tertiary alicyclic amines) is 1. The Hall–Kier alpha value is -1.06. The standard InChI is InChI=1S/C14H20N2O/c1-17-12-6-8-16(10-12)9-11-3-2-4-14-13(11)5-7-15-14/h2-4,12,15H,5-10H2,1H3/t12-/m0/s1. The highest BCUT2D eigenvalue weighted by Gasteiger charge is 2.23. The molecule has 3 heteroatoms. The zero-order valence-electron chi connectivity index (χ0n) is 10.4. The van der Waals surface area contributed by atoms with E-state index in [0.29, 0.717) is 6.10 Å². The van der Waals surface area contributed by atoms with Crippen LogP contribution in [0, 0.1) is 0 Å². The van der Waals surface area contributed by atoms with E-state index in [9.17, 15) is 0 Å². The molecule has 0 unspecified atom stereocenters. The van der Waals surface area contributed by atoms with Gasteiger partial charge in [-0.05, 0) is 30.0 Å². The van der Waals surface area contributed by atoms with E-state index in [1.807, 2.05) is 7.11 Å². The highest BCUT2D eigenvalue weighted by Crippen LogP contribution is 2.27. The maximum absolute atomic E-state index is 5.42. The fourth-order valence-electron chi connectivity index (χ4n) is 2.94. The summed E-state index contributed by atoms with van der Waals surface area (Å²) in [6, 6.07) is 6.62. The number of anilines is 1. The Kier molecular flexibility index (Phi) is 3.04. The average Bonchev–Trinajstić information content (AvgIpc) is 2.97. The molecule has 3 rings (SSSR count). The van der Waals surface area contributed by atoms with E-state index < -0.39 is 0 Å². The SMILES string of the molecule is CO[C@H]1CCN(Cc2cccc3c2CCN3)C1. The molecule has 1 aromatic rings. The topological polar surface area (TPSA) is 24.5 Å². The molecular formula is C14H20N2O. The van der Waals surface area contributed by atoms with Crippen molar-refractivity contribution in [2.24, 2.45) is 0 Å². The Morgan fingerprint density at radius 2 is 2.41 bits per heavy atom. The average molecular weight is 232 g/mol. The van der Waals surface area contributed by atoms with E-state index in [0.717, 1.165) is 26.2 Å². The third-order valence-corrected chi connectivity index (χ3v) is 3.92. The van der Waals surface area contributed by atoms with Crippen LogP contribution < -0.4 is 5.32 Å². The van der Waals surface area contributed by atoms with Crippen LogP contribution in [0.25, 0.3) is 0 Å². The summed E-state index contributed by atoms with van der Waals surface area (Å²) < 4.78 is 5.42.